The van der Waals surface area contributed by atoms with Crippen molar-refractivity contribution in [3.8, 4) is 0 Å². The van der Waals surface area contributed by atoms with Crippen molar-refractivity contribution in [2.45, 2.75) is 19.9 Å². The molecule has 2 aromatic rings. The van der Waals surface area contributed by atoms with Crippen LogP contribution in [0.15, 0.2) is 47.2 Å². The summed E-state index contributed by atoms with van der Waals surface area (Å²) in [5.74, 6) is -0.0103. The molecular weight excluding hydrogens is 342 g/mol. The zero-order valence-electron chi connectivity index (χ0n) is 12.7. The minimum absolute atomic E-state index is 0.0103. The molecule has 0 fully saturated rings. The number of aromatic nitrogens is 1. The Labute approximate surface area is 138 Å². The van der Waals surface area contributed by atoms with Crippen LogP contribution in [-0.4, -0.2) is 30.0 Å². The van der Waals surface area contributed by atoms with Crippen molar-refractivity contribution in [2.24, 2.45) is 0 Å². The first-order valence-electron chi connectivity index (χ1n) is 7.40. The number of carbonyl (C=O) groups excluding carboxylic acids is 1. The quantitative estimate of drug-likeness (QED) is 0.819. The maximum Gasteiger partial charge on any atom is 0.260 e. The SMILES string of the molecule is CCN1c2ccccc2N(C(=O)c2cncc(Br)c2)CC1C. The highest BCUT2D eigenvalue weighted by Gasteiger charge is 2.31. The zero-order valence-corrected chi connectivity index (χ0v) is 14.2. The number of amides is 1. The standard InChI is InChI=1S/C17H18BrN3O/c1-3-20-12(2)11-21(16-7-5-4-6-15(16)20)17(22)13-8-14(18)10-19-9-13/h4-10,12H,3,11H2,1-2H3. The lowest BCUT2D eigenvalue weighted by Gasteiger charge is -2.42. The molecule has 5 heteroatoms. The van der Waals surface area contributed by atoms with E-state index < -0.39 is 0 Å². The van der Waals surface area contributed by atoms with Crippen LogP contribution in [0.1, 0.15) is 24.2 Å². The van der Waals surface area contributed by atoms with Crippen LogP contribution in [-0.2, 0) is 0 Å². The third-order valence-corrected chi connectivity index (χ3v) is 4.43. The fourth-order valence-corrected chi connectivity index (χ4v) is 3.36. The van der Waals surface area contributed by atoms with Crippen LogP contribution >= 0.6 is 15.9 Å². The highest BCUT2D eigenvalue weighted by Crippen LogP contribution is 2.35. The van der Waals surface area contributed by atoms with Crippen molar-refractivity contribution in [2.75, 3.05) is 22.9 Å². The molecule has 0 saturated heterocycles. The van der Waals surface area contributed by atoms with Gasteiger partial charge in [0.2, 0.25) is 0 Å². The Balaban J connectivity index is 2.02. The number of hydrogen-bond donors (Lipinski definition) is 0. The molecule has 3 rings (SSSR count). The summed E-state index contributed by atoms with van der Waals surface area (Å²) < 4.78 is 0.812. The Morgan fingerprint density at radius 3 is 2.73 bits per heavy atom. The summed E-state index contributed by atoms with van der Waals surface area (Å²) in [5.41, 5.74) is 2.67. The number of benzene rings is 1. The second-order valence-electron chi connectivity index (χ2n) is 5.43. The van der Waals surface area contributed by atoms with Crippen molar-refractivity contribution < 1.29 is 4.79 Å². The van der Waals surface area contributed by atoms with Crippen LogP contribution in [0.25, 0.3) is 0 Å². The Kier molecular flexibility index (Phi) is 4.16. The van der Waals surface area contributed by atoms with E-state index in [0.717, 1.165) is 22.4 Å². The molecule has 1 aromatic carbocycles. The molecule has 22 heavy (non-hydrogen) atoms. The van der Waals surface area contributed by atoms with Crippen LogP contribution in [0.3, 0.4) is 0 Å². The predicted molar refractivity (Wildman–Crippen MR) is 92.5 cm³/mol. The zero-order chi connectivity index (χ0) is 15.7. The average Bonchev–Trinajstić information content (AvgIpc) is 2.53. The fourth-order valence-electron chi connectivity index (χ4n) is 2.99. The van der Waals surface area contributed by atoms with Crippen LogP contribution in [0.5, 0.6) is 0 Å². The summed E-state index contributed by atoms with van der Waals surface area (Å²) >= 11 is 3.38. The maximum absolute atomic E-state index is 12.9. The molecule has 1 aliphatic rings. The molecule has 0 bridgehead atoms. The Bertz CT molecular complexity index is 704. The predicted octanol–water partition coefficient (Wildman–Crippen LogP) is 3.72. The molecule has 0 aliphatic carbocycles. The number of halogens is 1. The lowest BCUT2D eigenvalue weighted by molar-refractivity contribution is 0.0984. The lowest BCUT2D eigenvalue weighted by Crippen LogP contribution is -2.49. The van der Waals surface area contributed by atoms with Crippen LogP contribution < -0.4 is 9.80 Å². The molecule has 2 heterocycles. The number of nitrogens with zero attached hydrogens (tertiary/aromatic N) is 3. The van der Waals surface area contributed by atoms with E-state index in [-0.39, 0.29) is 11.9 Å². The van der Waals surface area contributed by atoms with Gasteiger partial charge in [-0.25, -0.2) is 0 Å². The van der Waals surface area contributed by atoms with E-state index >= 15 is 0 Å². The maximum atomic E-state index is 12.9. The van der Waals surface area contributed by atoms with Gasteiger partial charge in [0.25, 0.3) is 5.91 Å². The van der Waals surface area contributed by atoms with Gasteiger partial charge in [-0.3, -0.25) is 9.78 Å². The molecule has 1 amide bonds. The summed E-state index contributed by atoms with van der Waals surface area (Å²) in [5, 5.41) is 0. The highest BCUT2D eigenvalue weighted by atomic mass is 79.9. The van der Waals surface area contributed by atoms with Crippen LogP contribution in [0, 0.1) is 0 Å². The number of anilines is 2. The molecule has 0 saturated carbocycles. The Morgan fingerprint density at radius 2 is 2.05 bits per heavy atom. The second kappa shape index (κ2) is 6.08. The van der Waals surface area contributed by atoms with Gasteiger partial charge in [-0.15, -0.1) is 0 Å². The molecule has 1 atom stereocenters. The molecule has 0 N–H and O–H groups in total. The Morgan fingerprint density at radius 1 is 1.32 bits per heavy atom. The van der Waals surface area contributed by atoms with Gasteiger partial charge in [-0.1, -0.05) is 12.1 Å². The largest absolute Gasteiger partial charge is 0.366 e. The van der Waals surface area contributed by atoms with Gasteiger partial charge >= 0.3 is 0 Å². The molecule has 0 spiro atoms. The molecule has 4 nitrogen and oxygen atoms in total. The van der Waals surface area contributed by atoms with E-state index in [2.05, 4.69) is 45.7 Å². The van der Waals surface area contributed by atoms with E-state index in [0.29, 0.717) is 12.1 Å². The molecule has 1 aromatic heterocycles. The smallest absolute Gasteiger partial charge is 0.260 e. The average molecular weight is 360 g/mol. The van der Waals surface area contributed by atoms with Crippen molar-refractivity contribution in [1.29, 1.82) is 0 Å². The van der Waals surface area contributed by atoms with Crippen LogP contribution in [0.4, 0.5) is 11.4 Å². The van der Waals surface area contributed by atoms with Gasteiger partial charge in [0.1, 0.15) is 0 Å². The van der Waals surface area contributed by atoms with Crippen molar-refractivity contribution in [3.63, 3.8) is 0 Å². The molecule has 114 valence electrons. The third-order valence-electron chi connectivity index (χ3n) is 4.00. The van der Waals surface area contributed by atoms with E-state index in [1.54, 1.807) is 12.4 Å². The Hall–Kier alpha value is -1.88. The first-order valence-corrected chi connectivity index (χ1v) is 8.19. The summed E-state index contributed by atoms with van der Waals surface area (Å²) in [6.07, 6.45) is 3.30. The van der Waals surface area contributed by atoms with Gasteiger partial charge < -0.3 is 9.80 Å². The third kappa shape index (κ3) is 2.61. The summed E-state index contributed by atoms with van der Waals surface area (Å²) in [6.45, 7) is 5.90. The van der Waals surface area contributed by atoms with Gasteiger partial charge in [-0.05, 0) is 48.0 Å². The number of pyridine rings is 1. The molecule has 1 aliphatic heterocycles. The van der Waals surface area contributed by atoms with Crippen molar-refractivity contribution in [1.82, 2.24) is 4.98 Å². The molecule has 1 unspecified atom stereocenters. The van der Waals surface area contributed by atoms with Crippen LogP contribution in [0.2, 0.25) is 0 Å². The van der Waals surface area contributed by atoms with E-state index in [1.807, 2.05) is 29.2 Å². The van der Waals surface area contributed by atoms with Gasteiger partial charge in [0.15, 0.2) is 0 Å². The number of hydrogen-bond acceptors (Lipinski definition) is 3. The number of para-hydroxylation sites is 2. The number of carbonyl (C=O) groups is 1. The van der Waals surface area contributed by atoms with Gasteiger partial charge in [0, 0.05) is 36.0 Å². The normalized spacial score (nSPS) is 17.3. The van der Waals surface area contributed by atoms with E-state index in [9.17, 15) is 4.79 Å². The lowest BCUT2D eigenvalue weighted by atomic mass is 10.1. The minimum Gasteiger partial charge on any atom is -0.366 e. The first-order chi connectivity index (χ1) is 10.6. The minimum atomic E-state index is -0.0103. The number of likely N-dealkylation sites (N-methyl/N-ethyl adjacent to an activating group) is 1. The summed E-state index contributed by atoms with van der Waals surface area (Å²) in [6, 6.07) is 10.2. The summed E-state index contributed by atoms with van der Waals surface area (Å²) in [4.78, 5) is 21.2. The highest BCUT2D eigenvalue weighted by molar-refractivity contribution is 9.10. The van der Waals surface area contributed by atoms with E-state index in [4.69, 9.17) is 0 Å². The fraction of sp³-hybridized carbons (Fsp3) is 0.294. The molecular formula is C17H18BrN3O. The van der Waals surface area contributed by atoms with E-state index in [1.165, 1.54) is 0 Å². The first kappa shape index (κ1) is 15.0. The van der Waals surface area contributed by atoms with Crippen molar-refractivity contribution >= 4 is 33.2 Å². The topological polar surface area (TPSA) is 36.4 Å². The van der Waals surface area contributed by atoms with Gasteiger partial charge in [0.05, 0.1) is 16.9 Å². The van der Waals surface area contributed by atoms with Crippen molar-refractivity contribution in [3.05, 3.63) is 52.8 Å². The number of fused-ring (bicyclic) bond motifs is 1. The number of rotatable bonds is 2. The van der Waals surface area contributed by atoms with Gasteiger partial charge in [-0.2, -0.15) is 0 Å². The summed E-state index contributed by atoms with van der Waals surface area (Å²) in [7, 11) is 0. The molecule has 0 radical (unpaired) electrons. The second-order valence-corrected chi connectivity index (χ2v) is 6.35. The monoisotopic (exact) mass is 359 g/mol.